The quantitative estimate of drug-likeness (QED) is 0.281. The predicted molar refractivity (Wildman–Crippen MR) is 135 cm³/mol. The Morgan fingerprint density at radius 2 is 2.00 bits per heavy atom. The molecule has 1 atom stereocenters. The number of carbonyl (C=O) groups is 1. The van der Waals surface area contributed by atoms with Crippen LogP contribution in [0.3, 0.4) is 0 Å². The fourth-order valence-corrected chi connectivity index (χ4v) is 3.32. The van der Waals surface area contributed by atoms with Crippen molar-refractivity contribution in [1.82, 2.24) is 20.4 Å². The molecule has 1 aromatic heterocycles. The average molecular weight is 547 g/mol. The van der Waals surface area contributed by atoms with Crippen LogP contribution in [0.25, 0.3) is 0 Å². The van der Waals surface area contributed by atoms with Crippen LogP contribution in [-0.2, 0) is 18.3 Å². The minimum Gasteiger partial charge on any atom is -0.356 e. The molecule has 0 radical (unpaired) electrons. The lowest BCUT2D eigenvalue weighted by Gasteiger charge is -2.18. The second-order valence-electron chi connectivity index (χ2n) is 7.23. The van der Waals surface area contributed by atoms with Gasteiger partial charge in [0, 0.05) is 49.5 Å². The van der Waals surface area contributed by atoms with E-state index in [1.165, 1.54) is 11.3 Å². The zero-order valence-electron chi connectivity index (χ0n) is 18.5. The van der Waals surface area contributed by atoms with Crippen molar-refractivity contribution in [1.29, 1.82) is 0 Å². The average Bonchev–Trinajstić information content (AvgIpc) is 2.90. The standard InChI is InChI=1S/C21H31ClN6O.HI/c1-13(12-17-15(3)27-28(6)16(17)4)25-21(23-5)24-11-10-20(29)26-19-9-7-8-18(22)14(19)2;/h7-9,13H,10-12H2,1-6H3,(H,26,29)(H2,23,24,25);1H. The van der Waals surface area contributed by atoms with Gasteiger partial charge in [-0.1, -0.05) is 17.7 Å². The van der Waals surface area contributed by atoms with Gasteiger partial charge < -0.3 is 16.0 Å². The molecule has 1 unspecified atom stereocenters. The fraction of sp³-hybridized carbons (Fsp3) is 0.476. The molecule has 0 aliphatic rings. The summed E-state index contributed by atoms with van der Waals surface area (Å²) < 4.78 is 1.91. The number of aliphatic imine (C=N–C) groups is 1. The van der Waals surface area contributed by atoms with Crippen molar-refractivity contribution >= 4 is 53.1 Å². The van der Waals surface area contributed by atoms with Crippen LogP contribution in [0.2, 0.25) is 5.02 Å². The first-order valence-electron chi connectivity index (χ1n) is 9.74. The molecule has 7 nitrogen and oxygen atoms in total. The lowest BCUT2D eigenvalue weighted by Crippen LogP contribution is -2.44. The number of anilines is 1. The van der Waals surface area contributed by atoms with E-state index in [0.29, 0.717) is 23.9 Å². The number of benzene rings is 1. The van der Waals surface area contributed by atoms with E-state index in [0.717, 1.165) is 23.4 Å². The number of guanidine groups is 1. The number of amides is 1. The van der Waals surface area contributed by atoms with Gasteiger partial charge in [0.2, 0.25) is 5.91 Å². The Morgan fingerprint density at radius 1 is 1.30 bits per heavy atom. The van der Waals surface area contributed by atoms with Gasteiger partial charge in [-0.15, -0.1) is 24.0 Å². The highest BCUT2D eigenvalue weighted by Gasteiger charge is 2.14. The Morgan fingerprint density at radius 3 is 2.60 bits per heavy atom. The van der Waals surface area contributed by atoms with Gasteiger partial charge in [0.05, 0.1) is 5.69 Å². The van der Waals surface area contributed by atoms with Crippen molar-refractivity contribution in [3.63, 3.8) is 0 Å². The first kappa shape index (κ1) is 26.2. The van der Waals surface area contributed by atoms with Gasteiger partial charge in [-0.05, 0) is 57.4 Å². The minimum atomic E-state index is -0.0759. The fourth-order valence-electron chi connectivity index (χ4n) is 3.15. The molecule has 166 valence electrons. The SMILES string of the molecule is CN=C(NCCC(=O)Nc1cccc(Cl)c1C)NC(C)Cc1c(C)nn(C)c1C.I. The number of aryl methyl sites for hydroxylation is 2. The van der Waals surface area contributed by atoms with Crippen molar-refractivity contribution in [2.75, 3.05) is 18.9 Å². The van der Waals surface area contributed by atoms with E-state index in [9.17, 15) is 4.79 Å². The molecule has 1 heterocycles. The highest BCUT2D eigenvalue weighted by atomic mass is 127. The van der Waals surface area contributed by atoms with E-state index in [4.69, 9.17) is 11.6 Å². The molecule has 1 aromatic carbocycles. The monoisotopic (exact) mass is 546 g/mol. The molecule has 0 saturated carbocycles. The topological polar surface area (TPSA) is 83.3 Å². The molecule has 30 heavy (non-hydrogen) atoms. The Balaban J connectivity index is 0.00000450. The van der Waals surface area contributed by atoms with E-state index < -0.39 is 0 Å². The summed E-state index contributed by atoms with van der Waals surface area (Å²) in [7, 11) is 3.68. The van der Waals surface area contributed by atoms with E-state index in [2.05, 4.69) is 39.9 Å². The molecule has 2 rings (SSSR count). The van der Waals surface area contributed by atoms with Crippen molar-refractivity contribution in [2.24, 2.45) is 12.0 Å². The van der Waals surface area contributed by atoms with Crippen LogP contribution in [-0.4, -0.2) is 41.3 Å². The zero-order valence-corrected chi connectivity index (χ0v) is 21.6. The number of halogens is 2. The van der Waals surface area contributed by atoms with E-state index in [-0.39, 0.29) is 35.9 Å². The lowest BCUT2D eigenvalue weighted by molar-refractivity contribution is -0.116. The third kappa shape index (κ3) is 7.16. The molecule has 0 spiro atoms. The lowest BCUT2D eigenvalue weighted by atomic mass is 10.1. The number of nitrogens with zero attached hydrogens (tertiary/aromatic N) is 3. The summed E-state index contributed by atoms with van der Waals surface area (Å²) in [5, 5.41) is 14.6. The Hall–Kier alpha value is -1.81. The van der Waals surface area contributed by atoms with Gasteiger partial charge >= 0.3 is 0 Å². The summed E-state index contributed by atoms with van der Waals surface area (Å²) >= 11 is 6.10. The predicted octanol–water partition coefficient (Wildman–Crippen LogP) is 3.74. The normalized spacial score (nSPS) is 12.2. The van der Waals surface area contributed by atoms with Crippen LogP contribution in [0.5, 0.6) is 0 Å². The molecule has 0 fully saturated rings. The molecule has 1 amide bonds. The van der Waals surface area contributed by atoms with Crippen LogP contribution in [0, 0.1) is 20.8 Å². The van der Waals surface area contributed by atoms with Crippen LogP contribution in [0.4, 0.5) is 5.69 Å². The summed E-state index contributed by atoms with van der Waals surface area (Å²) in [4.78, 5) is 16.5. The maximum Gasteiger partial charge on any atom is 0.226 e. The van der Waals surface area contributed by atoms with Crippen LogP contribution < -0.4 is 16.0 Å². The van der Waals surface area contributed by atoms with Gasteiger partial charge in [-0.3, -0.25) is 14.5 Å². The minimum absolute atomic E-state index is 0. The summed E-state index contributed by atoms with van der Waals surface area (Å²) in [5.41, 5.74) is 5.07. The third-order valence-electron chi connectivity index (χ3n) is 4.96. The number of hydrogen-bond acceptors (Lipinski definition) is 3. The summed E-state index contributed by atoms with van der Waals surface area (Å²) in [5.74, 6) is 0.594. The number of nitrogens with one attached hydrogen (secondary N) is 3. The second kappa shape index (κ2) is 12.1. The maximum absolute atomic E-state index is 12.2. The molecule has 2 aromatic rings. The van der Waals surface area contributed by atoms with Crippen molar-refractivity contribution in [2.45, 2.75) is 46.6 Å². The summed E-state index contributed by atoms with van der Waals surface area (Å²) in [6.45, 7) is 8.57. The first-order valence-corrected chi connectivity index (χ1v) is 10.1. The van der Waals surface area contributed by atoms with Gasteiger partial charge in [0.25, 0.3) is 0 Å². The smallest absolute Gasteiger partial charge is 0.226 e. The number of carbonyl (C=O) groups excluding carboxylic acids is 1. The molecule has 0 aliphatic heterocycles. The van der Waals surface area contributed by atoms with E-state index in [1.807, 2.05) is 37.7 Å². The number of aromatic nitrogens is 2. The van der Waals surface area contributed by atoms with E-state index >= 15 is 0 Å². The second-order valence-corrected chi connectivity index (χ2v) is 7.64. The molecular formula is C21H32ClIN6O. The van der Waals surface area contributed by atoms with Gasteiger partial charge in [-0.25, -0.2) is 0 Å². The summed E-state index contributed by atoms with van der Waals surface area (Å²) in [6.07, 6.45) is 1.17. The summed E-state index contributed by atoms with van der Waals surface area (Å²) in [6, 6.07) is 5.64. The van der Waals surface area contributed by atoms with Crippen LogP contribution in [0.1, 0.15) is 35.9 Å². The Labute approximate surface area is 201 Å². The van der Waals surface area contributed by atoms with Crippen LogP contribution >= 0.6 is 35.6 Å². The largest absolute Gasteiger partial charge is 0.356 e. The molecular weight excluding hydrogens is 515 g/mol. The molecule has 3 N–H and O–H groups in total. The van der Waals surface area contributed by atoms with Gasteiger partial charge in [0.1, 0.15) is 0 Å². The van der Waals surface area contributed by atoms with Crippen LogP contribution in [0.15, 0.2) is 23.2 Å². The molecule has 0 bridgehead atoms. The number of hydrogen-bond donors (Lipinski definition) is 3. The molecule has 0 aliphatic carbocycles. The first-order chi connectivity index (χ1) is 13.7. The third-order valence-corrected chi connectivity index (χ3v) is 5.37. The Bertz CT molecular complexity index is 896. The van der Waals surface area contributed by atoms with Gasteiger partial charge in [0.15, 0.2) is 5.96 Å². The van der Waals surface area contributed by atoms with Crippen molar-refractivity contribution < 1.29 is 4.79 Å². The van der Waals surface area contributed by atoms with Crippen molar-refractivity contribution in [3.8, 4) is 0 Å². The Kier molecular flexibility index (Phi) is 10.6. The van der Waals surface area contributed by atoms with E-state index in [1.54, 1.807) is 13.1 Å². The highest BCUT2D eigenvalue weighted by molar-refractivity contribution is 14.0. The molecule has 0 saturated heterocycles. The maximum atomic E-state index is 12.2. The van der Waals surface area contributed by atoms with Gasteiger partial charge in [-0.2, -0.15) is 5.10 Å². The number of rotatable bonds is 7. The highest BCUT2D eigenvalue weighted by Crippen LogP contribution is 2.22. The van der Waals surface area contributed by atoms with Crippen molar-refractivity contribution in [3.05, 3.63) is 45.7 Å². The zero-order chi connectivity index (χ0) is 21.6. The molecule has 9 heteroatoms.